The van der Waals surface area contributed by atoms with Crippen molar-refractivity contribution in [3.05, 3.63) is 66.0 Å². The second kappa shape index (κ2) is 7.06. The van der Waals surface area contributed by atoms with Crippen LogP contribution in [0.2, 0.25) is 0 Å². The van der Waals surface area contributed by atoms with Crippen LogP contribution in [0.4, 0.5) is 23.1 Å². The minimum Gasteiger partial charge on any atom is -0.340 e. The summed E-state index contributed by atoms with van der Waals surface area (Å²) in [6.45, 7) is 5.07. The fraction of sp³-hybridized carbons (Fsp3) is 0.292. The van der Waals surface area contributed by atoms with Crippen molar-refractivity contribution in [1.82, 2.24) is 25.5 Å². The predicted molar refractivity (Wildman–Crippen MR) is 123 cm³/mol. The van der Waals surface area contributed by atoms with Crippen LogP contribution in [-0.2, 0) is 5.41 Å². The summed E-state index contributed by atoms with van der Waals surface area (Å²) in [4.78, 5) is 12.0. The Bertz CT molecular complexity index is 1260. The standard InChI is InChI=1S/C24H25N7/c1-16-12-22(28-18-6-7-20-17(13-18)14-26-30-20)29-23(27-16)31-15-24(8-10-25-11-9-24)19-4-2-3-5-21(19)31/h2-7,12-14,25H,8-11,15H2,1H3,(H,26,30)(H,27,28,29). The molecule has 4 heterocycles. The number of nitrogens with zero attached hydrogens (tertiary/aromatic N) is 4. The Balaban J connectivity index is 1.36. The van der Waals surface area contributed by atoms with Crippen LogP contribution in [-0.4, -0.2) is 39.8 Å². The van der Waals surface area contributed by atoms with Gasteiger partial charge in [0.1, 0.15) is 5.82 Å². The smallest absolute Gasteiger partial charge is 0.232 e. The van der Waals surface area contributed by atoms with Crippen molar-refractivity contribution < 1.29 is 0 Å². The monoisotopic (exact) mass is 411 g/mol. The van der Waals surface area contributed by atoms with Crippen molar-refractivity contribution in [3.63, 3.8) is 0 Å². The molecule has 1 spiro atoms. The summed E-state index contributed by atoms with van der Waals surface area (Å²) in [6.07, 6.45) is 4.11. The summed E-state index contributed by atoms with van der Waals surface area (Å²) in [5.41, 5.74) is 5.79. The molecular weight excluding hydrogens is 386 g/mol. The van der Waals surface area contributed by atoms with Gasteiger partial charge in [0, 0.05) is 40.5 Å². The molecule has 0 radical (unpaired) electrons. The van der Waals surface area contributed by atoms with Gasteiger partial charge in [-0.2, -0.15) is 10.1 Å². The molecule has 31 heavy (non-hydrogen) atoms. The molecule has 2 aromatic carbocycles. The van der Waals surface area contributed by atoms with E-state index in [1.807, 2.05) is 31.3 Å². The van der Waals surface area contributed by atoms with E-state index in [0.717, 1.165) is 66.5 Å². The molecule has 3 N–H and O–H groups in total. The number of benzene rings is 2. The van der Waals surface area contributed by atoms with E-state index in [2.05, 4.69) is 56.1 Å². The van der Waals surface area contributed by atoms with Crippen LogP contribution in [0.5, 0.6) is 0 Å². The van der Waals surface area contributed by atoms with Gasteiger partial charge in [-0.15, -0.1) is 0 Å². The second-order valence-corrected chi connectivity index (χ2v) is 8.63. The zero-order valence-corrected chi connectivity index (χ0v) is 17.5. The maximum atomic E-state index is 4.92. The predicted octanol–water partition coefficient (Wildman–Crippen LogP) is 4.18. The molecule has 1 fully saturated rings. The number of hydrogen-bond donors (Lipinski definition) is 3. The summed E-state index contributed by atoms with van der Waals surface area (Å²) in [5, 5.41) is 15.1. The average Bonchev–Trinajstić information content (AvgIpc) is 3.37. The molecule has 6 rings (SSSR count). The van der Waals surface area contributed by atoms with E-state index in [-0.39, 0.29) is 5.41 Å². The highest BCUT2D eigenvalue weighted by Gasteiger charge is 2.44. The normalized spacial score (nSPS) is 17.3. The number of hydrogen-bond acceptors (Lipinski definition) is 6. The molecule has 0 aliphatic carbocycles. The van der Waals surface area contributed by atoms with Crippen molar-refractivity contribution in [1.29, 1.82) is 0 Å². The zero-order valence-electron chi connectivity index (χ0n) is 17.5. The number of aryl methyl sites for hydroxylation is 1. The Labute approximate surface area is 180 Å². The fourth-order valence-corrected chi connectivity index (χ4v) is 5.05. The van der Waals surface area contributed by atoms with Crippen LogP contribution in [0, 0.1) is 6.92 Å². The minimum absolute atomic E-state index is 0.175. The third kappa shape index (κ3) is 3.13. The van der Waals surface area contributed by atoms with Gasteiger partial charge in [0.2, 0.25) is 5.95 Å². The Morgan fingerprint density at radius 3 is 2.81 bits per heavy atom. The Kier molecular flexibility index (Phi) is 4.17. The van der Waals surface area contributed by atoms with Crippen LogP contribution in [0.25, 0.3) is 10.9 Å². The topological polar surface area (TPSA) is 81.8 Å². The van der Waals surface area contributed by atoms with E-state index in [1.165, 1.54) is 11.3 Å². The number of anilines is 4. The number of rotatable bonds is 3. The lowest BCUT2D eigenvalue weighted by molar-refractivity contribution is 0.329. The summed E-state index contributed by atoms with van der Waals surface area (Å²) in [5.74, 6) is 1.56. The molecule has 0 amide bonds. The number of piperidine rings is 1. The first-order valence-corrected chi connectivity index (χ1v) is 10.8. The minimum atomic E-state index is 0.175. The molecular formula is C24H25N7. The highest BCUT2D eigenvalue weighted by molar-refractivity contribution is 5.82. The lowest BCUT2D eigenvalue weighted by Crippen LogP contribution is -2.42. The number of nitrogens with one attached hydrogen (secondary N) is 3. The molecule has 156 valence electrons. The second-order valence-electron chi connectivity index (χ2n) is 8.63. The van der Waals surface area contributed by atoms with Crippen molar-refractivity contribution >= 4 is 34.0 Å². The molecule has 7 heteroatoms. The number of aromatic amines is 1. The average molecular weight is 412 g/mol. The van der Waals surface area contributed by atoms with Gasteiger partial charge >= 0.3 is 0 Å². The lowest BCUT2D eigenvalue weighted by Gasteiger charge is -2.34. The quantitative estimate of drug-likeness (QED) is 0.469. The zero-order chi connectivity index (χ0) is 20.8. The van der Waals surface area contributed by atoms with Crippen molar-refractivity contribution in [2.75, 3.05) is 29.9 Å². The van der Waals surface area contributed by atoms with Crippen molar-refractivity contribution in [2.45, 2.75) is 25.2 Å². The van der Waals surface area contributed by atoms with Crippen LogP contribution >= 0.6 is 0 Å². The van der Waals surface area contributed by atoms with Gasteiger partial charge in [-0.25, -0.2) is 4.98 Å². The maximum Gasteiger partial charge on any atom is 0.232 e. The van der Waals surface area contributed by atoms with Crippen LogP contribution < -0.4 is 15.5 Å². The molecule has 4 aromatic rings. The molecule has 7 nitrogen and oxygen atoms in total. The molecule has 0 saturated carbocycles. The van der Waals surface area contributed by atoms with Gasteiger partial charge in [0.25, 0.3) is 0 Å². The highest BCUT2D eigenvalue weighted by atomic mass is 15.3. The van der Waals surface area contributed by atoms with Gasteiger partial charge in [-0.1, -0.05) is 18.2 Å². The number of para-hydroxylation sites is 1. The Hall–Kier alpha value is -3.45. The Morgan fingerprint density at radius 2 is 1.90 bits per heavy atom. The van der Waals surface area contributed by atoms with Crippen molar-refractivity contribution in [2.24, 2.45) is 0 Å². The van der Waals surface area contributed by atoms with Crippen LogP contribution in [0.3, 0.4) is 0 Å². The van der Waals surface area contributed by atoms with Gasteiger partial charge in [-0.05, 0) is 62.7 Å². The summed E-state index contributed by atoms with van der Waals surface area (Å²) in [6, 6.07) is 16.9. The van der Waals surface area contributed by atoms with Gasteiger partial charge in [0.15, 0.2) is 0 Å². The van der Waals surface area contributed by atoms with E-state index in [4.69, 9.17) is 9.97 Å². The maximum absolute atomic E-state index is 4.92. The van der Waals surface area contributed by atoms with E-state index in [9.17, 15) is 0 Å². The third-order valence-electron chi connectivity index (χ3n) is 6.58. The first-order valence-electron chi connectivity index (χ1n) is 10.8. The van der Waals surface area contributed by atoms with Crippen molar-refractivity contribution in [3.8, 4) is 0 Å². The first-order chi connectivity index (χ1) is 15.2. The Morgan fingerprint density at radius 1 is 1.03 bits per heavy atom. The van der Waals surface area contributed by atoms with Gasteiger partial charge in [0.05, 0.1) is 11.7 Å². The SMILES string of the molecule is Cc1cc(Nc2ccc3[nH]ncc3c2)nc(N2CC3(CCNCC3)c3ccccc32)n1. The molecule has 0 atom stereocenters. The highest BCUT2D eigenvalue weighted by Crippen LogP contribution is 2.48. The van der Waals surface area contributed by atoms with Gasteiger partial charge < -0.3 is 15.5 Å². The van der Waals surface area contributed by atoms with E-state index < -0.39 is 0 Å². The van der Waals surface area contributed by atoms with E-state index in [0.29, 0.717) is 0 Å². The summed E-state index contributed by atoms with van der Waals surface area (Å²) < 4.78 is 0. The third-order valence-corrected chi connectivity index (χ3v) is 6.58. The molecule has 2 aliphatic heterocycles. The van der Waals surface area contributed by atoms with Gasteiger partial charge in [-0.3, -0.25) is 5.10 Å². The largest absolute Gasteiger partial charge is 0.340 e. The molecule has 2 aromatic heterocycles. The van der Waals surface area contributed by atoms with E-state index >= 15 is 0 Å². The lowest BCUT2D eigenvalue weighted by atomic mass is 9.75. The molecule has 0 bridgehead atoms. The number of aromatic nitrogens is 4. The van der Waals surface area contributed by atoms with E-state index in [1.54, 1.807) is 0 Å². The fourth-order valence-electron chi connectivity index (χ4n) is 5.05. The summed E-state index contributed by atoms with van der Waals surface area (Å²) in [7, 11) is 0. The molecule has 1 saturated heterocycles. The first kappa shape index (κ1) is 18.3. The number of fused-ring (bicyclic) bond motifs is 3. The van der Waals surface area contributed by atoms with Crippen LogP contribution in [0.15, 0.2) is 54.7 Å². The number of H-pyrrole nitrogens is 1. The molecule has 2 aliphatic rings. The van der Waals surface area contributed by atoms with Crippen LogP contribution in [0.1, 0.15) is 24.1 Å². The summed E-state index contributed by atoms with van der Waals surface area (Å²) >= 11 is 0. The molecule has 0 unspecified atom stereocenters.